The van der Waals surface area contributed by atoms with Gasteiger partial charge in [0.25, 0.3) is 10.1 Å². The number of anilines is 1. The SMILES string of the molecule is Cc1cc(N)c(O)cc1N=Nc1ccc(Cl)c(S(=O)(=O)O)c1. The molecule has 9 heteroatoms. The molecule has 0 aliphatic rings. The average molecular weight is 342 g/mol. The molecule has 0 unspecified atom stereocenters. The molecule has 0 saturated heterocycles. The number of nitrogen functional groups attached to an aromatic ring is 1. The molecule has 0 aliphatic carbocycles. The Bertz CT molecular complexity index is 866. The molecule has 0 aromatic heterocycles. The van der Waals surface area contributed by atoms with Crippen LogP contribution >= 0.6 is 11.6 Å². The van der Waals surface area contributed by atoms with Crippen LogP contribution < -0.4 is 5.73 Å². The zero-order valence-electron chi connectivity index (χ0n) is 11.4. The summed E-state index contributed by atoms with van der Waals surface area (Å²) in [6, 6.07) is 6.69. The summed E-state index contributed by atoms with van der Waals surface area (Å²) in [6.45, 7) is 1.73. The first-order chi connectivity index (χ1) is 10.2. The molecule has 2 aromatic carbocycles. The lowest BCUT2D eigenvalue weighted by Crippen LogP contribution is -1.98. The van der Waals surface area contributed by atoms with E-state index in [4.69, 9.17) is 21.9 Å². The Hall–Kier alpha value is -2.16. The Balaban J connectivity index is 2.41. The third-order valence-electron chi connectivity index (χ3n) is 2.81. The maximum absolute atomic E-state index is 11.2. The quantitative estimate of drug-likeness (QED) is 0.340. The summed E-state index contributed by atoms with van der Waals surface area (Å²) >= 11 is 5.70. The Morgan fingerprint density at radius 1 is 1.18 bits per heavy atom. The fraction of sp³-hybridized carbons (Fsp3) is 0.0769. The standard InChI is InChI=1S/C13H12ClN3O4S/c1-7-4-10(15)12(18)6-11(7)17-16-8-2-3-9(14)13(5-8)22(19,20)21/h2-6,18H,15H2,1H3,(H,19,20,21). The molecule has 22 heavy (non-hydrogen) atoms. The van der Waals surface area contributed by atoms with Crippen molar-refractivity contribution < 1.29 is 18.1 Å². The predicted molar refractivity (Wildman–Crippen MR) is 82.7 cm³/mol. The fourth-order valence-corrected chi connectivity index (χ4v) is 2.67. The molecule has 0 aliphatic heterocycles. The van der Waals surface area contributed by atoms with Gasteiger partial charge >= 0.3 is 0 Å². The van der Waals surface area contributed by atoms with Gasteiger partial charge < -0.3 is 10.8 Å². The van der Waals surface area contributed by atoms with Crippen LogP contribution in [0.5, 0.6) is 5.75 Å². The lowest BCUT2D eigenvalue weighted by atomic mass is 10.2. The van der Waals surface area contributed by atoms with E-state index in [0.717, 1.165) is 6.07 Å². The van der Waals surface area contributed by atoms with E-state index in [-0.39, 0.29) is 22.1 Å². The van der Waals surface area contributed by atoms with Crippen LogP contribution in [0.4, 0.5) is 17.1 Å². The molecule has 0 radical (unpaired) electrons. The lowest BCUT2D eigenvalue weighted by molar-refractivity contribution is 0.478. The third kappa shape index (κ3) is 3.53. The lowest BCUT2D eigenvalue weighted by Gasteiger charge is -2.04. The van der Waals surface area contributed by atoms with Gasteiger partial charge in [-0.3, -0.25) is 4.55 Å². The van der Waals surface area contributed by atoms with Crippen molar-refractivity contribution in [2.45, 2.75) is 11.8 Å². The summed E-state index contributed by atoms with van der Waals surface area (Å²) in [5.74, 6) is -0.130. The summed E-state index contributed by atoms with van der Waals surface area (Å²) in [4.78, 5) is -0.456. The Morgan fingerprint density at radius 3 is 2.50 bits per heavy atom. The summed E-state index contributed by atoms with van der Waals surface area (Å²) in [5.41, 5.74) is 7.00. The maximum atomic E-state index is 11.2. The smallest absolute Gasteiger partial charge is 0.296 e. The minimum atomic E-state index is -4.45. The van der Waals surface area contributed by atoms with Crippen molar-refractivity contribution in [1.82, 2.24) is 0 Å². The normalized spacial score (nSPS) is 12.0. The van der Waals surface area contributed by atoms with Gasteiger partial charge in [0.2, 0.25) is 0 Å². The van der Waals surface area contributed by atoms with Crippen LogP contribution in [0.1, 0.15) is 5.56 Å². The summed E-state index contributed by atoms with van der Waals surface area (Å²) in [7, 11) is -4.45. The van der Waals surface area contributed by atoms with Crippen molar-refractivity contribution in [3.8, 4) is 5.75 Å². The molecule has 2 aromatic rings. The molecular formula is C13H12ClN3O4S. The van der Waals surface area contributed by atoms with E-state index in [1.165, 1.54) is 24.3 Å². The van der Waals surface area contributed by atoms with Crippen molar-refractivity contribution in [1.29, 1.82) is 0 Å². The first-order valence-corrected chi connectivity index (χ1v) is 7.78. The number of nitrogens with zero attached hydrogens (tertiary/aromatic N) is 2. The Labute approximate surface area is 131 Å². The Morgan fingerprint density at radius 2 is 1.86 bits per heavy atom. The van der Waals surface area contributed by atoms with Gasteiger partial charge in [-0.1, -0.05) is 11.6 Å². The number of azo groups is 1. The van der Waals surface area contributed by atoms with Crippen molar-refractivity contribution in [2.75, 3.05) is 5.73 Å². The highest BCUT2D eigenvalue weighted by molar-refractivity contribution is 7.86. The number of aromatic hydroxyl groups is 1. The maximum Gasteiger partial charge on any atom is 0.296 e. The second kappa shape index (κ2) is 5.91. The number of aryl methyl sites for hydroxylation is 1. The van der Waals surface area contributed by atoms with Crippen LogP contribution in [0.2, 0.25) is 5.02 Å². The molecule has 7 nitrogen and oxygen atoms in total. The van der Waals surface area contributed by atoms with Crippen molar-refractivity contribution in [3.63, 3.8) is 0 Å². The second-order valence-corrected chi connectivity index (χ2v) is 6.28. The van der Waals surface area contributed by atoms with Gasteiger partial charge in [0.15, 0.2) is 0 Å². The van der Waals surface area contributed by atoms with Crippen LogP contribution in [-0.2, 0) is 10.1 Å². The van der Waals surface area contributed by atoms with Crippen LogP contribution in [0.3, 0.4) is 0 Å². The molecular weight excluding hydrogens is 330 g/mol. The van der Waals surface area contributed by atoms with Gasteiger partial charge in [-0.2, -0.15) is 18.6 Å². The number of benzene rings is 2. The van der Waals surface area contributed by atoms with E-state index in [9.17, 15) is 13.5 Å². The van der Waals surface area contributed by atoms with Gasteiger partial charge in [0, 0.05) is 6.07 Å². The minimum Gasteiger partial charge on any atom is -0.506 e. The topological polar surface area (TPSA) is 125 Å². The summed E-state index contributed by atoms with van der Waals surface area (Å²) in [5, 5.41) is 17.2. The molecule has 4 N–H and O–H groups in total. The molecule has 0 amide bonds. The van der Waals surface area contributed by atoms with E-state index < -0.39 is 15.0 Å². The number of nitrogens with two attached hydrogens (primary N) is 1. The highest BCUT2D eigenvalue weighted by Gasteiger charge is 2.15. The highest BCUT2D eigenvalue weighted by Crippen LogP contribution is 2.32. The van der Waals surface area contributed by atoms with Gasteiger partial charge in [0.05, 0.1) is 22.1 Å². The second-order valence-electron chi connectivity index (χ2n) is 4.49. The van der Waals surface area contributed by atoms with Crippen LogP contribution in [0.15, 0.2) is 45.5 Å². The van der Waals surface area contributed by atoms with Gasteiger partial charge in [-0.15, -0.1) is 0 Å². The molecule has 116 valence electrons. The largest absolute Gasteiger partial charge is 0.506 e. The van der Waals surface area contributed by atoms with Crippen LogP contribution in [0, 0.1) is 6.92 Å². The van der Waals surface area contributed by atoms with Crippen molar-refractivity contribution in [3.05, 3.63) is 40.9 Å². The van der Waals surface area contributed by atoms with E-state index in [2.05, 4.69) is 10.2 Å². The van der Waals surface area contributed by atoms with Crippen molar-refractivity contribution >= 4 is 38.8 Å². The van der Waals surface area contributed by atoms with Crippen molar-refractivity contribution in [2.24, 2.45) is 10.2 Å². The third-order valence-corrected chi connectivity index (χ3v) is 4.15. The zero-order valence-corrected chi connectivity index (χ0v) is 12.9. The molecule has 2 rings (SSSR count). The number of hydrogen-bond donors (Lipinski definition) is 3. The minimum absolute atomic E-state index is 0.122. The molecule has 0 spiro atoms. The number of rotatable bonds is 3. The zero-order chi connectivity index (χ0) is 16.5. The van der Waals surface area contributed by atoms with Gasteiger partial charge in [-0.05, 0) is 36.8 Å². The summed E-state index contributed by atoms with van der Waals surface area (Å²) in [6.07, 6.45) is 0. The van der Waals surface area contributed by atoms with E-state index in [1.54, 1.807) is 6.92 Å². The van der Waals surface area contributed by atoms with Crippen LogP contribution in [0.25, 0.3) is 0 Å². The molecule has 0 bridgehead atoms. The average Bonchev–Trinajstić information content (AvgIpc) is 2.41. The number of phenolic OH excluding ortho intramolecular Hbond substituents is 1. The van der Waals surface area contributed by atoms with Crippen LogP contribution in [-0.4, -0.2) is 18.1 Å². The molecule has 0 fully saturated rings. The number of halogens is 1. The number of hydrogen-bond acceptors (Lipinski definition) is 6. The highest BCUT2D eigenvalue weighted by atomic mass is 35.5. The summed E-state index contributed by atoms with van der Waals surface area (Å²) < 4.78 is 31.4. The van der Waals surface area contributed by atoms with Gasteiger partial charge in [-0.25, -0.2) is 0 Å². The predicted octanol–water partition coefficient (Wildman–Crippen LogP) is 3.60. The van der Waals surface area contributed by atoms with E-state index in [0.29, 0.717) is 11.3 Å². The van der Waals surface area contributed by atoms with E-state index in [1.807, 2.05) is 0 Å². The Kier molecular flexibility index (Phi) is 4.36. The molecule has 0 atom stereocenters. The first-order valence-electron chi connectivity index (χ1n) is 5.96. The monoisotopic (exact) mass is 341 g/mol. The molecule has 0 heterocycles. The molecule has 0 saturated carbocycles. The first kappa shape index (κ1) is 16.2. The number of phenols is 1. The van der Waals surface area contributed by atoms with Gasteiger partial charge in [0.1, 0.15) is 10.6 Å². The van der Waals surface area contributed by atoms with E-state index >= 15 is 0 Å². The fourth-order valence-electron chi connectivity index (χ4n) is 1.68.